The molecule has 1 N–H and O–H groups in total. The average molecular weight is 665 g/mol. The van der Waals surface area contributed by atoms with Crippen molar-refractivity contribution in [2.45, 2.75) is 0 Å². The summed E-state index contributed by atoms with van der Waals surface area (Å²) in [5.74, 6) is 2.34. The van der Waals surface area contributed by atoms with E-state index in [-0.39, 0.29) is 5.91 Å². The summed E-state index contributed by atoms with van der Waals surface area (Å²) in [4.78, 5) is 38.2. The number of carbonyl (C=O) groups excluding carboxylic acids is 1. The van der Waals surface area contributed by atoms with Crippen LogP contribution in [0.25, 0.3) is 22.1 Å². The van der Waals surface area contributed by atoms with E-state index >= 15 is 0 Å². The van der Waals surface area contributed by atoms with Crippen molar-refractivity contribution >= 4 is 77.3 Å². The lowest BCUT2D eigenvalue weighted by Gasteiger charge is -2.34. The van der Waals surface area contributed by atoms with Crippen molar-refractivity contribution in [1.82, 2.24) is 34.4 Å². The van der Waals surface area contributed by atoms with Gasteiger partial charge in [0.2, 0.25) is 11.9 Å². The molecule has 1 saturated heterocycles. The maximum atomic E-state index is 11.9. The molecule has 0 saturated carbocycles. The standard InChI is InChI=1S/C27H23Br2N9O2/c1-3-23(39)37-6-8-38(9-7-37)27-30-13-21-24(35-27)26(32-14-31-21)34-16-10-18(28)25(19(29)11-16)40-17-4-5-22-20(12-17)33-15-36(22)2/h3-5,10-15H,1,6-9H2,2H3,(H,31,32,34). The van der Waals surface area contributed by atoms with E-state index in [0.29, 0.717) is 60.5 Å². The van der Waals surface area contributed by atoms with Crippen molar-refractivity contribution in [3.8, 4) is 11.5 Å². The molecule has 40 heavy (non-hydrogen) atoms. The first-order valence-corrected chi connectivity index (χ1v) is 14.0. The molecule has 11 nitrogen and oxygen atoms in total. The minimum Gasteiger partial charge on any atom is -0.455 e. The van der Waals surface area contributed by atoms with E-state index in [1.807, 2.05) is 46.8 Å². The number of rotatable bonds is 6. The van der Waals surface area contributed by atoms with Crippen molar-refractivity contribution in [1.29, 1.82) is 0 Å². The van der Waals surface area contributed by atoms with Crippen LogP contribution in [0.5, 0.6) is 11.5 Å². The predicted molar refractivity (Wildman–Crippen MR) is 160 cm³/mol. The van der Waals surface area contributed by atoms with Crippen molar-refractivity contribution in [3.63, 3.8) is 0 Å². The molecule has 6 rings (SSSR count). The molecule has 5 aromatic rings. The Kier molecular flexibility index (Phi) is 7.07. The lowest BCUT2D eigenvalue weighted by Crippen LogP contribution is -2.48. The normalized spacial score (nSPS) is 13.6. The number of fused-ring (bicyclic) bond motifs is 2. The van der Waals surface area contributed by atoms with E-state index in [2.05, 4.69) is 63.7 Å². The highest BCUT2D eigenvalue weighted by molar-refractivity contribution is 9.11. The molecule has 0 atom stereocenters. The summed E-state index contributed by atoms with van der Waals surface area (Å²) in [5.41, 5.74) is 3.86. The largest absolute Gasteiger partial charge is 0.455 e. The minimum atomic E-state index is -0.0676. The fraction of sp³-hybridized carbons (Fsp3) is 0.185. The van der Waals surface area contributed by atoms with Gasteiger partial charge in [-0.25, -0.2) is 24.9 Å². The summed E-state index contributed by atoms with van der Waals surface area (Å²) < 4.78 is 9.64. The Morgan fingerprint density at radius 3 is 2.55 bits per heavy atom. The van der Waals surface area contributed by atoms with Crippen LogP contribution in [0.4, 0.5) is 17.5 Å². The maximum absolute atomic E-state index is 11.9. The smallest absolute Gasteiger partial charge is 0.246 e. The van der Waals surface area contributed by atoms with Crippen LogP contribution >= 0.6 is 31.9 Å². The van der Waals surface area contributed by atoms with Gasteiger partial charge >= 0.3 is 0 Å². The van der Waals surface area contributed by atoms with Crippen LogP contribution in [-0.4, -0.2) is 66.5 Å². The Hall–Kier alpha value is -4.10. The third kappa shape index (κ3) is 5.09. The number of nitrogens with zero attached hydrogens (tertiary/aromatic N) is 8. The molecule has 0 radical (unpaired) electrons. The van der Waals surface area contributed by atoms with Crippen LogP contribution in [0.2, 0.25) is 0 Å². The van der Waals surface area contributed by atoms with Gasteiger partial charge in [0.15, 0.2) is 11.6 Å². The zero-order chi connectivity index (χ0) is 27.8. The Labute approximate surface area is 246 Å². The van der Waals surface area contributed by atoms with E-state index in [4.69, 9.17) is 9.72 Å². The molecule has 0 aliphatic carbocycles. The zero-order valence-electron chi connectivity index (χ0n) is 21.4. The molecule has 1 amide bonds. The van der Waals surface area contributed by atoms with Crippen molar-refractivity contribution in [2.75, 3.05) is 36.4 Å². The van der Waals surface area contributed by atoms with Gasteiger partial charge < -0.3 is 24.4 Å². The lowest BCUT2D eigenvalue weighted by atomic mass is 10.2. The Morgan fingerprint density at radius 2 is 1.80 bits per heavy atom. The number of hydrogen-bond acceptors (Lipinski definition) is 9. The quantitative estimate of drug-likeness (QED) is 0.245. The minimum absolute atomic E-state index is 0.0676. The summed E-state index contributed by atoms with van der Waals surface area (Å²) in [6.07, 6.45) is 6.28. The Bertz CT molecular complexity index is 1740. The Balaban J connectivity index is 1.23. The Morgan fingerprint density at radius 1 is 1.02 bits per heavy atom. The number of piperazine rings is 1. The summed E-state index contributed by atoms with van der Waals surface area (Å²) in [7, 11) is 1.96. The molecule has 202 valence electrons. The number of nitrogens with one attached hydrogen (secondary N) is 1. The second kappa shape index (κ2) is 10.8. The number of benzene rings is 2. The monoisotopic (exact) mass is 663 g/mol. The molecular weight excluding hydrogens is 642 g/mol. The second-order valence-corrected chi connectivity index (χ2v) is 10.9. The molecule has 4 heterocycles. The molecule has 0 unspecified atom stereocenters. The predicted octanol–water partition coefficient (Wildman–Crippen LogP) is 5.20. The van der Waals surface area contributed by atoms with Gasteiger partial charge in [-0.15, -0.1) is 0 Å². The van der Waals surface area contributed by atoms with Crippen molar-refractivity contribution in [2.24, 2.45) is 7.05 Å². The van der Waals surface area contributed by atoms with Crippen LogP contribution in [0.3, 0.4) is 0 Å². The molecule has 3 aromatic heterocycles. The van der Waals surface area contributed by atoms with Gasteiger partial charge in [0, 0.05) is 45.0 Å². The fourth-order valence-corrected chi connectivity index (χ4v) is 5.86. The number of hydrogen-bond donors (Lipinski definition) is 1. The first-order valence-electron chi connectivity index (χ1n) is 12.4. The maximum Gasteiger partial charge on any atom is 0.246 e. The van der Waals surface area contributed by atoms with E-state index in [1.54, 1.807) is 17.4 Å². The molecule has 1 aliphatic rings. The highest BCUT2D eigenvalue weighted by atomic mass is 79.9. The third-order valence-electron chi connectivity index (χ3n) is 6.59. The average Bonchev–Trinajstić information content (AvgIpc) is 3.34. The highest BCUT2D eigenvalue weighted by Gasteiger charge is 2.22. The van der Waals surface area contributed by atoms with Crippen LogP contribution in [0, 0.1) is 0 Å². The second-order valence-electron chi connectivity index (χ2n) is 9.14. The van der Waals surface area contributed by atoms with Gasteiger partial charge in [-0.2, -0.15) is 0 Å². The molecule has 1 aliphatic heterocycles. The van der Waals surface area contributed by atoms with E-state index in [1.165, 1.54) is 12.4 Å². The molecule has 2 aromatic carbocycles. The van der Waals surface area contributed by atoms with Crippen molar-refractivity contribution < 1.29 is 9.53 Å². The van der Waals surface area contributed by atoms with Gasteiger partial charge in [0.1, 0.15) is 23.1 Å². The van der Waals surface area contributed by atoms with E-state index in [9.17, 15) is 4.79 Å². The first kappa shape index (κ1) is 26.1. The summed E-state index contributed by atoms with van der Waals surface area (Å²) >= 11 is 7.28. The molecule has 0 bridgehead atoms. The molecule has 0 spiro atoms. The molecule has 13 heteroatoms. The topological polar surface area (TPSA) is 114 Å². The number of anilines is 3. The van der Waals surface area contributed by atoms with Crippen LogP contribution in [0.1, 0.15) is 0 Å². The first-order chi connectivity index (χ1) is 19.4. The molecule has 1 fully saturated rings. The highest BCUT2D eigenvalue weighted by Crippen LogP contribution is 2.40. The van der Waals surface area contributed by atoms with E-state index < -0.39 is 0 Å². The number of aromatic nitrogens is 6. The lowest BCUT2D eigenvalue weighted by molar-refractivity contribution is -0.126. The van der Waals surface area contributed by atoms with Gasteiger partial charge in [0.25, 0.3) is 0 Å². The zero-order valence-corrected chi connectivity index (χ0v) is 24.6. The van der Waals surface area contributed by atoms with Crippen LogP contribution in [-0.2, 0) is 11.8 Å². The van der Waals surface area contributed by atoms with Crippen LogP contribution < -0.4 is 15.0 Å². The summed E-state index contributed by atoms with van der Waals surface area (Å²) in [5, 5.41) is 3.35. The number of imidazole rings is 1. The van der Waals surface area contributed by atoms with Gasteiger partial charge in [-0.1, -0.05) is 6.58 Å². The number of carbonyl (C=O) groups is 1. The number of halogens is 2. The van der Waals surface area contributed by atoms with Gasteiger partial charge in [-0.05, 0) is 62.2 Å². The number of aryl methyl sites for hydroxylation is 1. The van der Waals surface area contributed by atoms with Crippen LogP contribution in [0.15, 0.2) is 70.8 Å². The van der Waals surface area contributed by atoms with Gasteiger partial charge in [0.05, 0.1) is 32.5 Å². The van der Waals surface area contributed by atoms with Gasteiger partial charge in [-0.3, -0.25) is 4.79 Å². The third-order valence-corrected chi connectivity index (χ3v) is 7.77. The van der Waals surface area contributed by atoms with E-state index in [0.717, 1.165) is 25.7 Å². The molecular formula is C27H23Br2N9O2. The van der Waals surface area contributed by atoms with Crippen molar-refractivity contribution in [3.05, 3.63) is 70.8 Å². The SMILES string of the molecule is C=CC(=O)N1CCN(c2ncc3ncnc(Nc4cc(Br)c(Oc5ccc6c(c5)ncn6C)c(Br)c4)c3n2)CC1. The number of amides is 1. The number of ether oxygens (including phenoxy) is 1. The summed E-state index contributed by atoms with van der Waals surface area (Å²) in [6.45, 7) is 5.97. The fourth-order valence-electron chi connectivity index (χ4n) is 4.51. The summed E-state index contributed by atoms with van der Waals surface area (Å²) in [6, 6.07) is 9.61.